The van der Waals surface area contributed by atoms with Crippen LogP contribution in [0.5, 0.6) is 0 Å². The van der Waals surface area contributed by atoms with Crippen LogP contribution in [0.25, 0.3) is 21.6 Å². The Morgan fingerprint density at radius 2 is 2.18 bits per heavy atom. The van der Waals surface area contributed by atoms with Crippen LogP contribution >= 0.6 is 11.3 Å². The molecule has 1 amide bonds. The summed E-state index contributed by atoms with van der Waals surface area (Å²) in [5.41, 5.74) is 2.82. The second kappa shape index (κ2) is 8.45. The van der Waals surface area contributed by atoms with Crippen molar-refractivity contribution in [3.8, 4) is 10.7 Å². The van der Waals surface area contributed by atoms with E-state index in [4.69, 9.17) is 4.98 Å². The summed E-state index contributed by atoms with van der Waals surface area (Å²) in [4.78, 5) is 19.7. The topological polar surface area (TPSA) is 58.4 Å². The maximum Gasteiger partial charge on any atom is 0.273 e. The number of amides is 1. The van der Waals surface area contributed by atoms with E-state index in [1.165, 1.54) is 22.2 Å². The maximum absolute atomic E-state index is 13.1. The van der Waals surface area contributed by atoms with Crippen molar-refractivity contribution in [2.24, 2.45) is 0 Å². The van der Waals surface area contributed by atoms with Crippen molar-refractivity contribution in [3.63, 3.8) is 0 Å². The predicted molar refractivity (Wildman–Crippen MR) is 114 cm³/mol. The number of aliphatic hydroxyl groups excluding tert-OH is 1. The number of carbonyl (C=O) groups is 1. The normalized spacial score (nSPS) is 17.4. The number of carbonyl (C=O) groups excluding carboxylic acids is 1. The molecule has 1 aliphatic heterocycles. The number of hydrogen-bond donors (Lipinski definition) is 1. The van der Waals surface area contributed by atoms with Gasteiger partial charge in [-0.2, -0.15) is 0 Å². The van der Waals surface area contributed by atoms with Crippen LogP contribution in [0.3, 0.4) is 0 Å². The van der Waals surface area contributed by atoms with Crippen molar-refractivity contribution in [1.82, 2.24) is 14.5 Å². The smallest absolute Gasteiger partial charge is 0.273 e. The monoisotopic (exact) mass is 397 g/mol. The van der Waals surface area contributed by atoms with Gasteiger partial charge in [0.05, 0.1) is 5.69 Å². The van der Waals surface area contributed by atoms with Crippen molar-refractivity contribution in [1.29, 1.82) is 0 Å². The molecular formula is C22H27N3O2S. The van der Waals surface area contributed by atoms with Crippen LogP contribution in [-0.2, 0) is 6.54 Å². The summed E-state index contributed by atoms with van der Waals surface area (Å²) in [5.74, 6) is -0.00111. The van der Waals surface area contributed by atoms with E-state index in [9.17, 15) is 9.90 Å². The fourth-order valence-corrected chi connectivity index (χ4v) is 5.02. The van der Waals surface area contributed by atoms with Crippen LogP contribution < -0.4 is 0 Å². The Labute approximate surface area is 169 Å². The highest BCUT2D eigenvalue weighted by molar-refractivity contribution is 7.13. The molecular weight excluding hydrogens is 370 g/mol. The molecule has 0 spiro atoms. The van der Waals surface area contributed by atoms with Crippen molar-refractivity contribution in [2.75, 3.05) is 13.2 Å². The number of aliphatic hydroxyl groups is 1. The van der Waals surface area contributed by atoms with Gasteiger partial charge >= 0.3 is 0 Å². The van der Waals surface area contributed by atoms with Crippen LogP contribution in [0, 0.1) is 0 Å². The molecule has 1 fully saturated rings. The predicted octanol–water partition coefficient (Wildman–Crippen LogP) is 4.55. The number of piperidine rings is 1. The lowest BCUT2D eigenvalue weighted by molar-refractivity contribution is 0.0569. The van der Waals surface area contributed by atoms with E-state index in [1.54, 1.807) is 0 Å². The number of nitrogens with zero attached hydrogens (tertiary/aromatic N) is 3. The Bertz CT molecular complexity index is 960. The lowest BCUT2D eigenvalue weighted by atomic mass is 9.99. The molecule has 6 heteroatoms. The van der Waals surface area contributed by atoms with Crippen LogP contribution in [0.15, 0.2) is 35.7 Å². The molecule has 1 aliphatic rings. The Morgan fingerprint density at radius 1 is 1.32 bits per heavy atom. The minimum Gasteiger partial charge on any atom is -0.396 e. The Kier molecular flexibility index (Phi) is 5.78. The summed E-state index contributed by atoms with van der Waals surface area (Å²) in [5, 5.41) is 13.3. The first-order valence-corrected chi connectivity index (χ1v) is 11.1. The number of benzene rings is 1. The largest absolute Gasteiger partial charge is 0.396 e. The third-order valence-electron chi connectivity index (χ3n) is 5.55. The third-order valence-corrected chi connectivity index (χ3v) is 6.42. The lowest BCUT2D eigenvalue weighted by Gasteiger charge is -2.35. The first kappa shape index (κ1) is 19.2. The van der Waals surface area contributed by atoms with Crippen molar-refractivity contribution in [2.45, 2.75) is 51.6 Å². The first-order chi connectivity index (χ1) is 13.7. The van der Waals surface area contributed by atoms with Gasteiger partial charge in [0.2, 0.25) is 0 Å². The summed E-state index contributed by atoms with van der Waals surface area (Å²) in [6, 6.07) is 10.7. The molecule has 5 nitrogen and oxygen atoms in total. The minimum atomic E-state index is -0.00111. The van der Waals surface area contributed by atoms with Gasteiger partial charge in [-0.25, -0.2) is 4.98 Å². The number of aromatic nitrogens is 2. The molecule has 3 aromatic rings. The molecule has 1 aromatic carbocycles. The maximum atomic E-state index is 13.1. The SMILES string of the molecule is CCCn1c(-c2nc(C(=O)N3CCCCC3CCO)cs2)cc2ccccc21. The molecule has 0 aliphatic carbocycles. The summed E-state index contributed by atoms with van der Waals surface area (Å²) in [6.07, 6.45) is 4.80. The third kappa shape index (κ3) is 3.59. The van der Waals surface area contributed by atoms with Crippen LogP contribution in [0.1, 0.15) is 49.5 Å². The minimum absolute atomic E-state index is 0.00111. The van der Waals surface area contributed by atoms with E-state index < -0.39 is 0 Å². The standard InChI is InChI=1S/C22H27N3O2S/c1-2-11-25-19-9-4-3-7-16(19)14-20(25)21-23-18(15-28-21)22(27)24-12-6-5-8-17(24)10-13-26/h3-4,7,9,14-15,17,26H,2,5-6,8,10-13H2,1H3. The molecule has 2 aromatic heterocycles. The average Bonchev–Trinajstić information content (AvgIpc) is 3.34. The van der Waals surface area contributed by atoms with Gasteiger partial charge in [0, 0.05) is 42.0 Å². The Balaban J connectivity index is 1.65. The average molecular weight is 398 g/mol. The van der Waals surface area contributed by atoms with Gasteiger partial charge in [-0.1, -0.05) is 25.1 Å². The summed E-state index contributed by atoms with van der Waals surface area (Å²) in [6.45, 7) is 3.98. The van der Waals surface area contributed by atoms with Gasteiger partial charge in [0.25, 0.3) is 5.91 Å². The second-order valence-electron chi connectivity index (χ2n) is 7.44. The zero-order valence-electron chi connectivity index (χ0n) is 16.3. The van der Waals surface area contributed by atoms with Gasteiger partial charge in [-0.15, -0.1) is 11.3 Å². The van der Waals surface area contributed by atoms with Crippen LogP contribution in [0.4, 0.5) is 0 Å². The molecule has 148 valence electrons. The molecule has 1 saturated heterocycles. The van der Waals surface area contributed by atoms with Gasteiger partial charge < -0.3 is 14.6 Å². The van der Waals surface area contributed by atoms with E-state index in [0.29, 0.717) is 12.1 Å². The lowest BCUT2D eigenvalue weighted by Crippen LogP contribution is -2.44. The summed E-state index contributed by atoms with van der Waals surface area (Å²) >= 11 is 1.54. The molecule has 1 N–H and O–H groups in total. The molecule has 0 radical (unpaired) electrons. The van der Waals surface area contributed by atoms with E-state index in [0.717, 1.165) is 49.5 Å². The summed E-state index contributed by atoms with van der Waals surface area (Å²) in [7, 11) is 0. The van der Waals surface area contributed by atoms with Gasteiger partial charge in [-0.05, 0) is 44.2 Å². The highest BCUT2D eigenvalue weighted by atomic mass is 32.1. The highest BCUT2D eigenvalue weighted by Crippen LogP contribution is 2.31. The van der Waals surface area contributed by atoms with Crippen molar-refractivity contribution in [3.05, 3.63) is 41.4 Å². The van der Waals surface area contributed by atoms with Crippen molar-refractivity contribution < 1.29 is 9.90 Å². The van der Waals surface area contributed by atoms with E-state index in [1.807, 2.05) is 10.3 Å². The van der Waals surface area contributed by atoms with Gasteiger partial charge in [-0.3, -0.25) is 4.79 Å². The molecule has 1 atom stereocenters. The summed E-state index contributed by atoms with van der Waals surface area (Å²) < 4.78 is 2.30. The molecule has 28 heavy (non-hydrogen) atoms. The molecule has 0 bridgehead atoms. The van der Waals surface area contributed by atoms with Crippen LogP contribution in [-0.4, -0.2) is 44.7 Å². The number of fused-ring (bicyclic) bond motifs is 1. The fourth-order valence-electron chi connectivity index (χ4n) is 4.21. The number of likely N-dealkylation sites (tertiary alicyclic amines) is 1. The zero-order chi connectivity index (χ0) is 19.5. The fraction of sp³-hybridized carbons (Fsp3) is 0.455. The first-order valence-electron chi connectivity index (χ1n) is 10.2. The molecule has 4 rings (SSSR count). The quantitative estimate of drug-likeness (QED) is 0.664. The van der Waals surface area contributed by atoms with E-state index in [2.05, 4.69) is 41.8 Å². The Hall–Kier alpha value is -2.18. The van der Waals surface area contributed by atoms with Crippen LogP contribution in [0.2, 0.25) is 0 Å². The number of para-hydroxylation sites is 1. The molecule has 3 heterocycles. The Morgan fingerprint density at radius 3 is 3.00 bits per heavy atom. The highest BCUT2D eigenvalue weighted by Gasteiger charge is 2.28. The zero-order valence-corrected chi connectivity index (χ0v) is 17.1. The molecule has 0 saturated carbocycles. The molecule has 1 unspecified atom stereocenters. The van der Waals surface area contributed by atoms with E-state index in [-0.39, 0.29) is 18.6 Å². The van der Waals surface area contributed by atoms with Crippen molar-refractivity contribution >= 4 is 28.1 Å². The number of thiazole rings is 1. The number of hydrogen-bond acceptors (Lipinski definition) is 4. The van der Waals surface area contributed by atoms with Gasteiger partial charge in [0.15, 0.2) is 0 Å². The number of aryl methyl sites for hydroxylation is 1. The number of rotatable bonds is 6. The van der Waals surface area contributed by atoms with Gasteiger partial charge in [0.1, 0.15) is 10.7 Å². The second-order valence-corrected chi connectivity index (χ2v) is 8.30. The van der Waals surface area contributed by atoms with E-state index >= 15 is 0 Å².